The number of allylic oxidation sites excluding steroid dienone is 1. The first-order chi connectivity index (χ1) is 11.7. The fourth-order valence-corrected chi connectivity index (χ4v) is 2.64. The van der Waals surface area contributed by atoms with E-state index in [-0.39, 0.29) is 30.1 Å². The lowest BCUT2D eigenvalue weighted by Gasteiger charge is -2.28. The Kier molecular flexibility index (Phi) is 7.80. The van der Waals surface area contributed by atoms with Crippen LogP contribution in [0.1, 0.15) is 19.8 Å². The summed E-state index contributed by atoms with van der Waals surface area (Å²) in [6, 6.07) is 0. The highest BCUT2D eigenvalue weighted by atomic mass is 16.6. The van der Waals surface area contributed by atoms with Crippen molar-refractivity contribution in [1.29, 1.82) is 0 Å². The maximum atomic E-state index is 12.1. The van der Waals surface area contributed by atoms with Gasteiger partial charge in [0.05, 0.1) is 24.7 Å². The molecule has 4 atom stereocenters. The van der Waals surface area contributed by atoms with Crippen LogP contribution in [0, 0.1) is 11.8 Å². The van der Waals surface area contributed by atoms with Crippen molar-refractivity contribution in [2.45, 2.75) is 32.0 Å². The lowest BCUT2D eigenvalue weighted by atomic mass is 9.84. The van der Waals surface area contributed by atoms with Crippen molar-refractivity contribution in [3.8, 4) is 0 Å². The fourth-order valence-electron chi connectivity index (χ4n) is 2.64. The van der Waals surface area contributed by atoms with Crippen molar-refractivity contribution >= 4 is 11.9 Å². The summed E-state index contributed by atoms with van der Waals surface area (Å²) in [6.45, 7) is 15.8. The Morgan fingerprint density at radius 3 is 2.52 bits per heavy atom. The minimum Gasteiger partial charge on any atom is -0.458 e. The summed E-state index contributed by atoms with van der Waals surface area (Å²) < 4.78 is 10.8. The van der Waals surface area contributed by atoms with Gasteiger partial charge < -0.3 is 19.7 Å². The Labute approximate surface area is 148 Å². The Morgan fingerprint density at radius 1 is 1.36 bits per heavy atom. The van der Waals surface area contributed by atoms with Crippen LogP contribution in [-0.2, 0) is 19.1 Å². The smallest absolute Gasteiger partial charge is 0.336 e. The SMILES string of the molecule is C=C[C@H](C)C[C@H](OC(=O)C(=C)CO)[C@H]1C(=C)C(=O)O[C@@H]1CC(=C)CO. The number of hydrogen-bond acceptors (Lipinski definition) is 6. The van der Waals surface area contributed by atoms with Gasteiger partial charge in [0, 0.05) is 12.0 Å². The molecule has 0 saturated carbocycles. The van der Waals surface area contributed by atoms with Gasteiger partial charge in [-0.15, -0.1) is 6.58 Å². The van der Waals surface area contributed by atoms with Crippen molar-refractivity contribution in [2.24, 2.45) is 11.8 Å². The summed E-state index contributed by atoms with van der Waals surface area (Å²) in [4.78, 5) is 24.0. The molecule has 1 aliphatic heterocycles. The third kappa shape index (κ3) is 5.41. The number of rotatable bonds is 10. The van der Waals surface area contributed by atoms with E-state index in [0.29, 0.717) is 12.0 Å². The average molecular weight is 350 g/mol. The van der Waals surface area contributed by atoms with E-state index in [1.54, 1.807) is 6.08 Å². The molecule has 0 aromatic carbocycles. The van der Waals surface area contributed by atoms with Crippen LogP contribution in [0.4, 0.5) is 0 Å². The van der Waals surface area contributed by atoms with Crippen molar-refractivity contribution in [2.75, 3.05) is 13.2 Å². The highest BCUT2D eigenvalue weighted by Crippen LogP contribution is 2.36. The summed E-state index contributed by atoms with van der Waals surface area (Å²) in [5.41, 5.74) is 0.627. The van der Waals surface area contributed by atoms with Crippen LogP contribution < -0.4 is 0 Å². The number of carbonyl (C=O) groups excluding carboxylic acids is 2. The summed E-state index contributed by atoms with van der Waals surface area (Å²) in [5.74, 6) is -1.87. The van der Waals surface area contributed by atoms with E-state index >= 15 is 0 Å². The Morgan fingerprint density at radius 2 is 2.00 bits per heavy atom. The predicted octanol–water partition coefficient (Wildman–Crippen LogP) is 1.70. The zero-order valence-corrected chi connectivity index (χ0v) is 14.6. The third-order valence-electron chi connectivity index (χ3n) is 4.18. The first-order valence-electron chi connectivity index (χ1n) is 8.04. The van der Waals surface area contributed by atoms with Gasteiger partial charge in [-0.1, -0.05) is 32.7 Å². The third-order valence-corrected chi connectivity index (χ3v) is 4.18. The van der Waals surface area contributed by atoms with Gasteiger partial charge in [0.1, 0.15) is 12.2 Å². The molecule has 0 bridgehead atoms. The van der Waals surface area contributed by atoms with E-state index in [1.165, 1.54) is 0 Å². The number of ether oxygens (including phenoxy) is 2. The molecule has 1 saturated heterocycles. The molecule has 138 valence electrons. The molecule has 0 unspecified atom stereocenters. The van der Waals surface area contributed by atoms with Gasteiger partial charge in [-0.25, -0.2) is 9.59 Å². The number of esters is 2. The number of cyclic esters (lactones) is 1. The topological polar surface area (TPSA) is 93.1 Å². The van der Waals surface area contributed by atoms with E-state index in [9.17, 15) is 14.7 Å². The molecule has 2 N–H and O–H groups in total. The molecule has 1 rings (SSSR count). The van der Waals surface area contributed by atoms with E-state index in [2.05, 4.69) is 26.3 Å². The van der Waals surface area contributed by atoms with Crippen molar-refractivity contribution in [3.63, 3.8) is 0 Å². The van der Waals surface area contributed by atoms with Gasteiger partial charge in [0.25, 0.3) is 0 Å². The summed E-state index contributed by atoms with van der Waals surface area (Å²) in [7, 11) is 0. The molecule has 6 heteroatoms. The van der Waals surface area contributed by atoms with Crippen LogP contribution in [0.25, 0.3) is 0 Å². The monoisotopic (exact) mass is 350 g/mol. The highest BCUT2D eigenvalue weighted by Gasteiger charge is 2.45. The second kappa shape index (κ2) is 9.34. The number of aliphatic hydroxyl groups excluding tert-OH is 2. The molecule has 6 nitrogen and oxygen atoms in total. The molecule has 1 heterocycles. The molecule has 25 heavy (non-hydrogen) atoms. The molecule has 0 spiro atoms. The fraction of sp³-hybridized carbons (Fsp3) is 0.474. The van der Waals surface area contributed by atoms with Gasteiger partial charge >= 0.3 is 11.9 Å². The number of carbonyl (C=O) groups is 2. The maximum Gasteiger partial charge on any atom is 0.336 e. The Bertz CT molecular complexity index is 576. The van der Waals surface area contributed by atoms with Crippen LogP contribution in [0.15, 0.2) is 49.1 Å². The summed E-state index contributed by atoms with van der Waals surface area (Å²) in [5, 5.41) is 18.2. The second-order valence-corrected chi connectivity index (χ2v) is 6.26. The van der Waals surface area contributed by atoms with E-state index < -0.39 is 36.7 Å². The zero-order valence-electron chi connectivity index (χ0n) is 14.6. The van der Waals surface area contributed by atoms with Crippen LogP contribution in [0.2, 0.25) is 0 Å². The molecule has 0 radical (unpaired) electrons. The van der Waals surface area contributed by atoms with Crippen molar-refractivity contribution < 1.29 is 29.3 Å². The molecule has 0 amide bonds. The van der Waals surface area contributed by atoms with Gasteiger partial charge in [-0.2, -0.15) is 0 Å². The minimum atomic E-state index is -0.740. The van der Waals surface area contributed by atoms with Crippen molar-refractivity contribution in [3.05, 3.63) is 49.1 Å². The highest BCUT2D eigenvalue weighted by molar-refractivity contribution is 5.91. The van der Waals surface area contributed by atoms with Crippen LogP contribution >= 0.6 is 0 Å². The first kappa shape index (κ1) is 20.9. The summed E-state index contributed by atoms with van der Waals surface area (Å²) in [6.07, 6.45) is 1.01. The molecule has 1 fully saturated rings. The average Bonchev–Trinajstić information content (AvgIpc) is 2.86. The summed E-state index contributed by atoms with van der Waals surface area (Å²) >= 11 is 0. The van der Waals surface area contributed by atoms with E-state index in [0.717, 1.165) is 0 Å². The number of hydrogen-bond donors (Lipinski definition) is 2. The Balaban J connectivity index is 3.09. The standard InChI is InChI=1S/C19H26O6/c1-6-11(2)7-15(24-18(22)13(4)10-21)17-14(5)19(23)25-16(17)8-12(3)9-20/h6,11,15-17,20-21H,1,3-5,7-10H2,2H3/t11-,15-,16+,17+/m0/s1. The van der Waals surface area contributed by atoms with Gasteiger partial charge in [0.15, 0.2) is 0 Å². The molecular formula is C19H26O6. The van der Waals surface area contributed by atoms with Gasteiger partial charge in [-0.05, 0) is 17.9 Å². The molecule has 0 aromatic rings. The van der Waals surface area contributed by atoms with Crippen LogP contribution in [0.3, 0.4) is 0 Å². The zero-order chi connectivity index (χ0) is 19.1. The molecule has 0 aliphatic carbocycles. The van der Waals surface area contributed by atoms with E-state index in [4.69, 9.17) is 14.6 Å². The van der Waals surface area contributed by atoms with Crippen LogP contribution in [0.5, 0.6) is 0 Å². The predicted molar refractivity (Wildman–Crippen MR) is 93.4 cm³/mol. The lowest BCUT2D eigenvalue weighted by Crippen LogP contribution is -2.35. The maximum absolute atomic E-state index is 12.1. The number of aliphatic hydroxyl groups is 2. The molecule has 1 aliphatic rings. The largest absolute Gasteiger partial charge is 0.458 e. The van der Waals surface area contributed by atoms with Crippen molar-refractivity contribution in [1.82, 2.24) is 0 Å². The quantitative estimate of drug-likeness (QED) is 0.354. The van der Waals surface area contributed by atoms with Crippen LogP contribution in [-0.4, -0.2) is 47.6 Å². The first-order valence-corrected chi connectivity index (χ1v) is 8.04. The Hall–Kier alpha value is -2.18. The van der Waals surface area contributed by atoms with Gasteiger partial charge in [-0.3, -0.25) is 0 Å². The second-order valence-electron chi connectivity index (χ2n) is 6.26. The van der Waals surface area contributed by atoms with E-state index in [1.807, 2.05) is 6.92 Å². The minimum absolute atomic E-state index is 0.00499. The lowest BCUT2D eigenvalue weighted by molar-refractivity contribution is -0.149. The normalized spacial score (nSPS) is 22.0. The molecule has 0 aromatic heterocycles. The molecular weight excluding hydrogens is 324 g/mol. The van der Waals surface area contributed by atoms with Gasteiger partial charge in [0.2, 0.25) is 0 Å².